The van der Waals surface area contributed by atoms with E-state index in [-0.39, 0.29) is 24.3 Å². The second kappa shape index (κ2) is 9.82. The van der Waals surface area contributed by atoms with Gasteiger partial charge in [0.15, 0.2) is 11.2 Å². The molecule has 1 atom stereocenters. The van der Waals surface area contributed by atoms with Gasteiger partial charge in [0.05, 0.1) is 6.54 Å². The lowest BCUT2D eigenvalue weighted by atomic mass is 10.2. The van der Waals surface area contributed by atoms with Gasteiger partial charge in [-0.25, -0.2) is 4.79 Å². The Labute approximate surface area is 180 Å². The van der Waals surface area contributed by atoms with Crippen LogP contribution < -0.4 is 21.3 Å². The maximum absolute atomic E-state index is 12.9. The van der Waals surface area contributed by atoms with E-state index in [0.717, 1.165) is 29.4 Å². The zero-order valence-electron chi connectivity index (χ0n) is 18.6. The van der Waals surface area contributed by atoms with Crippen molar-refractivity contribution < 1.29 is 9.84 Å². The highest BCUT2D eigenvalue weighted by Crippen LogP contribution is 2.17. The lowest BCUT2D eigenvalue weighted by molar-refractivity contribution is 0.0938. The summed E-state index contributed by atoms with van der Waals surface area (Å²) in [5.74, 6) is 1.12. The average Bonchev–Trinajstić information content (AvgIpc) is 3.11. The molecule has 1 aromatic carbocycles. The zero-order valence-corrected chi connectivity index (χ0v) is 18.6. The van der Waals surface area contributed by atoms with Crippen molar-refractivity contribution >= 4 is 17.1 Å². The molecule has 9 nitrogen and oxygen atoms in total. The van der Waals surface area contributed by atoms with Gasteiger partial charge in [0.1, 0.15) is 18.5 Å². The minimum absolute atomic E-state index is 0.0596. The number of unbranched alkanes of at least 4 members (excludes halogenated alkanes) is 2. The number of rotatable bonds is 10. The zero-order chi connectivity index (χ0) is 22.5. The van der Waals surface area contributed by atoms with Crippen LogP contribution in [0.3, 0.4) is 0 Å². The molecule has 2 heterocycles. The van der Waals surface area contributed by atoms with E-state index in [1.165, 1.54) is 11.6 Å². The number of fused-ring (bicyclic) bond motifs is 1. The molecule has 1 unspecified atom stereocenters. The fourth-order valence-corrected chi connectivity index (χ4v) is 3.42. The highest BCUT2D eigenvalue weighted by atomic mass is 16.5. The van der Waals surface area contributed by atoms with Crippen molar-refractivity contribution in [3.63, 3.8) is 0 Å². The third-order valence-corrected chi connectivity index (χ3v) is 5.27. The van der Waals surface area contributed by atoms with Crippen LogP contribution in [0.2, 0.25) is 0 Å². The summed E-state index contributed by atoms with van der Waals surface area (Å²) in [7, 11) is 3.02. The van der Waals surface area contributed by atoms with E-state index in [4.69, 9.17) is 4.74 Å². The summed E-state index contributed by atoms with van der Waals surface area (Å²) in [6, 6.07) is 7.57. The first-order valence-corrected chi connectivity index (χ1v) is 10.6. The predicted octanol–water partition coefficient (Wildman–Crippen LogP) is 1.78. The van der Waals surface area contributed by atoms with Crippen LogP contribution in [0.25, 0.3) is 11.2 Å². The van der Waals surface area contributed by atoms with E-state index in [1.54, 1.807) is 11.6 Å². The maximum atomic E-state index is 12.9. The predicted molar refractivity (Wildman–Crippen MR) is 121 cm³/mol. The van der Waals surface area contributed by atoms with Crippen molar-refractivity contribution in [2.75, 3.05) is 18.5 Å². The molecule has 3 aromatic rings. The van der Waals surface area contributed by atoms with E-state index in [1.807, 2.05) is 31.2 Å². The normalized spacial score (nSPS) is 12.3. The van der Waals surface area contributed by atoms with Gasteiger partial charge in [-0.2, -0.15) is 4.98 Å². The van der Waals surface area contributed by atoms with Gasteiger partial charge in [0, 0.05) is 20.6 Å². The number of aliphatic hydroxyl groups is 1. The first-order valence-electron chi connectivity index (χ1n) is 10.6. The van der Waals surface area contributed by atoms with E-state index in [0.29, 0.717) is 18.2 Å². The Morgan fingerprint density at radius 1 is 1.13 bits per heavy atom. The molecule has 31 heavy (non-hydrogen) atoms. The number of nitrogens with zero attached hydrogens (tertiary/aromatic N) is 4. The Hall–Kier alpha value is -3.07. The van der Waals surface area contributed by atoms with Crippen molar-refractivity contribution in [1.82, 2.24) is 18.7 Å². The fourth-order valence-electron chi connectivity index (χ4n) is 3.42. The molecule has 0 radical (unpaired) electrons. The number of aliphatic hydroxyl groups excluding tert-OH is 1. The molecular formula is C22H31N5O4. The first-order chi connectivity index (χ1) is 14.8. The first kappa shape index (κ1) is 22.6. The topological polar surface area (TPSA) is 103 Å². The van der Waals surface area contributed by atoms with E-state index in [2.05, 4.69) is 17.2 Å². The van der Waals surface area contributed by atoms with Crippen LogP contribution in [0.5, 0.6) is 5.75 Å². The number of hydrogen-bond donors (Lipinski definition) is 2. The summed E-state index contributed by atoms with van der Waals surface area (Å²) >= 11 is 0. The summed E-state index contributed by atoms with van der Waals surface area (Å²) < 4.78 is 9.73. The van der Waals surface area contributed by atoms with Gasteiger partial charge in [-0.15, -0.1) is 0 Å². The Morgan fingerprint density at radius 2 is 1.84 bits per heavy atom. The smallest absolute Gasteiger partial charge is 0.332 e. The number of benzene rings is 1. The summed E-state index contributed by atoms with van der Waals surface area (Å²) in [5, 5.41) is 13.9. The number of hydrogen-bond acceptors (Lipinski definition) is 6. The molecule has 0 amide bonds. The second-order valence-corrected chi connectivity index (χ2v) is 7.84. The molecule has 0 aliphatic heterocycles. The van der Waals surface area contributed by atoms with Crippen LogP contribution >= 0.6 is 0 Å². The number of aryl methyl sites for hydroxylation is 2. The fraction of sp³-hybridized carbons (Fsp3) is 0.500. The molecule has 0 aliphatic rings. The Bertz CT molecular complexity index is 1140. The molecule has 2 N–H and O–H groups in total. The van der Waals surface area contributed by atoms with Crippen molar-refractivity contribution in [3.8, 4) is 5.75 Å². The van der Waals surface area contributed by atoms with E-state index in [9.17, 15) is 14.7 Å². The Morgan fingerprint density at radius 3 is 2.52 bits per heavy atom. The van der Waals surface area contributed by atoms with Gasteiger partial charge in [0.2, 0.25) is 5.95 Å². The summed E-state index contributed by atoms with van der Waals surface area (Å²) in [6.45, 7) is 4.96. The largest absolute Gasteiger partial charge is 0.491 e. The molecule has 3 rings (SSSR count). The van der Waals surface area contributed by atoms with Crippen LogP contribution in [0.1, 0.15) is 31.7 Å². The van der Waals surface area contributed by atoms with Crippen molar-refractivity contribution in [2.45, 2.75) is 45.8 Å². The quantitative estimate of drug-likeness (QED) is 0.476. The number of anilines is 1. The molecule has 168 valence electrons. The van der Waals surface area contributed by atoms with Gasteiger partial charge in [-0.3, -0.25) is 13.9 Å². The lowest BCUT2D eigenvalue weighted by Gasteiger charge is -2.16. The summed E-state index contributed by atoms with van der Waals surface area (Å²) in [5.41, 5.74) is 0.801. The van der Waals surface area contributed by atoms with Crippen LogP contribution in [0, 0.1) is 6.92 Å². The molecule has 2 aromatic heterocycles. The van der Waals surface area contributed by atoms with Gasteiger partial charge < -0.3 is 19.7 Å². The molecular weight excluding hydrogens is 398 g/mol. The van der Waals surface area contributed by atoms with Gasteiger partial charge >= 0.3 is 5.69 Å². The third-order valence-electron chi connectivity index (χ3n) is 5.27. The van der Waals surface area contributed by atoms with Gasteiger partial charge in [0.25, 0.3) is 5.56 Å². The highest BCUT2D eigenvalue weighted by molar-refractivity contribution is 5.74. The number of ether oxygens (including phenoxy) is 1. The summed E-state index contributed by atoms with van der Waals surface area (Å²) in [6.07, 6.45) is 2.23. The lowest BCUT2D eigenvalue weighted by Crippen LogP contribution is -2.38. The average molecular weight is 430 g/mol. The molecule has 0 bridgehead atoms. The molecule has 0 fully saturated rings. The Balaban J connectivity index is 1.89. The molecule has 9 heteroatoms. The minimum atomic E-state index is -0.878. The van der Waals surface area contributed by atoms with E-state index >= 15 is 0 Å². The standard InChI is InChI=1S/C22H31N5O4/c1-5-6-7-12-23-21-24-19-18(20(29)26(4)22(30)25(19)3)27(21)13-16(28)14-31-17-10-8-15(2)9-11-17/h8-11,16,28H,5-7,12-14H2,1-4H3,(H,23,24). The SMILES string of the molecule is CCCCCNc1nc2c(c(=O)n(C)c(=O)n2C)n1CC(O)COc1ccc(C)cc1. The number of nitrogens with one attached hydrogen (secondary N) is 1. The summed E-state index contributed by atoms with van der Waals surface area (Å²) in [4.78, 5) is 29.7. The van der Waals surface area contributed by atoms with Crippen LogP contribution in [0.4, 0.5) is 5.95 Å². The number of aromatic nitrogens is 4. The third kappa shape index (κ3) is 4.99. The van der Waals surface area contributed by atoms with Crippen LogP contribution in [-0.2, 0) is 20.6 Å². The van der Waals surface area contributed by atoms with Crippen LogP contribution in [-0.4, -0.2) is 43.0 Å². The van der Waals surface area contributed by atoms with Crippen molar-refractivity contribution in [2.24, 2.45) is 14.1 Å². The van der Waals surface area contributed by atoms with Gasteiger partial charge in [-0.05, 0) is 25.5 Å². The molecule has 0 saturated heterocycles. The van der Waals surface area contributed by atoms with Crippen molar-refractivity contribution in [1.29, 1.82) is 0 Å². The molecule has 0 saturated carbocycles. The maximum Gasteiger partial charge on any atom is 0.332 e. The highest BCUT2D eigenvalue weighted by Gasteiger charge is 2.21. The monoisotopic (exact) mass is 429 g/mol. The minimum Gasteiger partial charge on any atom is -0.491 e. The second-order valence-electron chi connectivity index (χ2n) is 7.84. The Kier molecular flexibility index (Phi) is 7.17. The van der Waals surface area contributed by atoms with Crippen LogP contribution in [0.15, 0.2) is 33.9 Å². The van der Waals surface area contributed by atoms with E-state index < -0.39 is 17.4 Å². The van der Waals surface area contributed by atoms with Gasteiger partial charge in [-0.1, -0.05) is 37.5 Å². The molecule has 0 aliphatic carbocycles. The molecule has 0 spiro atoms. The number of imidazole rings is 1. The van der Waals surface area contributed by atoms with Crippen molar-refractivity contribution in [3.05, 3.63) is 50.7 Å².